The van der Waals surface area contributed by atoms with E-state index in [0.29, 0.717) is 17.0 Å². The first-order valence-corrected chi connectivity index (χ1v) is 9.92. The van der Waals surface area contributed by atoms with Gasteiger partial charge in [-0.2, -0.15) is 5.26 Å². The maximum atomic E-state index is 12.3. The minimum Gasteiger partial charge on any atom is -0.484 e. The number of carbonyl (C=O) groups excluding carboxylic acids is 2. The predicted octanol–water partition coefficient (Wildman–Crippen LogP) is 3.63. The zero-order valence-electron chi connectivity index (χ0n) is 17.5. The minimum atomic E-state index is -0.468. The molecule has 3 aromatic rings. The Bertz CT molecular complexity index is 1130. The van der Waals surface area contributed by atoms with Crippen molar-refractivity contribution in [3.05, 3.63) is 95.3 Å². The quantitative estimate of drug-likeness (QED) is 0.423. The lowest BCUT2D eigenvalue weighted by Crippen LogP contribution is -2.24. The summed E-state index contributed by atoms with van der Waals surface area (Å²) in [6.07, 6.45) is 4.79. The van der Waals surface area contributed by atoms with Gasteiger partial charge in [-0.25, -0.2) is 0 Å². The highest BCUT2D eigenvalue weighted by Gasteiger charge is 2.09. The van der Waals surface area contributed by atoms with Crippen LogP contribution in [0, 0.1) is 18.3 Å². The van der Waals surface area contributed by atoms with Crippen molar-refractivity contribution < 1.29 is 14.3 Å². The molecule has 1 aromatic heterocycles. The predicted molar refractivity (Wildman–Crippen MR) is 121 cm³/mol. The first-order valence-electron chi connectivity index (χ1n) is 9.92. The van der Waals surface area contributed by atoms with E-state index in [-0.39, 0.29) is 24.6 Å². The van der Waals surface area contributed by atoms with Crippen LogP contribution in [-0.2, 0) is 16.1 Å². The van der Waals surface area contributed by atoms with Crippen molar-refractivity contribution in [2.75, 3.05) is 11.9 Å². The summed E-state index contributed by atoms with van der Waals surface area (Å²) in [4.78, 5) is 28.3. The van der Waals surface area contributed by atoms with Gasteiger partial charge in [-0.15, -0.1) is 0 Å². The zero-order valence-corrected chi connectivity index (χ0v) is 17.5. The van der Waals surface area contributed by atoms with Crippen LogP contribution < -0.4 is 15.4 Å². The average Bonchev–Trinajstić information content (AvgIpc) is 2.82. The number of nitrogens with zero attached hydrogens (tertiary/aromatic N) is 2. The fourth-order valence-corrected chi connectivity index (χ4v) is 2.74. The van der Waals surface area contributed by atoms with Crippen LogP contribution in [0.3, 0.4) is 0 Å². The van der Waals surface area contributed by atoms with Gasteiger partial charge in [0.1, 0.15) is 17.4 Å². The van der Waals surface area contributed by atoms with E-state index in [4.69, 9.17) is 4.74 Å². The maximum Gasteiger partial charge on any atom is 0.262 e. The summed E-state index contributed by atoms with van der Waals surface area (Å²) < 4.78 is 5.50. The van der Waals surface area contributed by atoms with Gasteiger partial charge in [0.25, 0.3) is 11.8 Å². The summed E-state index contributed by atoms with van der Waals surface area (Å²) in [5, 5.41) is 14.8. The molecule has 7 heteroatoms. The second kappa shape index (κ2) is 11.1. The lowest BCUT2D eigenvalue weighted by molar-refractivity contribution is -0.118. The van der Waals surface area contributed by atoms with Crippen LogP contribution in [0.1, 0.15) is 16.7 Å². The molecule has 0 unspecified atom stereocenters. The van der Waals surface area contributed by atoms with Crippen LogP contribution in [0.4, 0.5) is 5.69 Å². The van der Waals surface area contributed by atoms with Crippen LogP contribution in [0.5, 0.6) is 5.75 Å². The molecule has 7 nitrogen and oxygen atoms in total. The number of nitrogens with one attached hydrogen (secondary N) is 2. The number of nitriles is 1. The van der Waals surface area contributed by atoms with Gasteiger partial charge in [0.05, 0.1) is 0 Å². The molecule has 0 saturated carbocycles. The molecule has 2 amide bonds. The lowest BCUT2D eigenvalue weighted by Gasteiger charge is -2.08. The molecule has 0 aliphatic carbocycles. The third kappa shape index (κ3) is 6.82. The number of carbonyl (C=O) groups is 2. The summed E-state index contributed by atoms with van der Waals surface area (Å²) in [5.74, 6) is -0.236. The van der Waals surface area contributed by atoms with Gasteiger partial charge in [-0.3, -0.25) is 14.6 Å². The van der Waals surface area contributed by atoms with Crippen LogP contribution >= 0.6 is 0 Å². The van der Waals surface area contributed by atoms with Crippen molar-refractivity contribution in [1.29, 1.82) is 5.26 Å². The number of hydrogen-bond donors (Lipinski definition) is 2. The highest BCUT2D eigenvalue weighted by Crippen LogP contribution is 2.15. The van der Waals surface area contributed by atoms with Crippen LogP contribution in [0.2, 0.25) is 0 Å². The molecule has 32 heavy (non-hydrogen) atoms. The first kappa shape index (κ1) is 22.2. The second-order valence-corrected chi connectivity index (χ2v) is 6.99. The molecule has 0 aliphatic heterocycles. The Morgan fingerprint density at radius 2 is 1.84 bits per heavy atom. The normalized spacial score (nSPS) is 10.7. The molecule has 0 atom stereocenters. The zero-order chi connectivity index (χ0) is 22.8. The van der Waals surface area contributed by atoms with E-state index in [0.717, 1.165) is 11.1 Å². The van der Waals surface area contributed by atoms with E-state index in [1.54, 1.807) is 42.7 Å². The number of rotatable bonds is 8. The van der Waals surface area contributed by atoms with Crippen LogP contribution in [0.25, 0.3) is 6.08 Å². The van der Waals surface area contributed by atoms with Gasteiger partial charge in [0.15, 0.2) is 6.61 Å². The number of anilines is 1. The molecule has 3 rings (SSSR count). The van der Waals surface area contributed by atoms with Crippen LogP contribution in [0.15, 0.2) is 78.6 Å². The summed E-state index contributed by atoms with van der Waals surface area (Å²) in [6, 6.07) is 19.8. The fourth-order valence-electron chi connectivity index (χ4n) is 2.74. The smallest absolute Gasteiger partial charge is 0.262 e. The highest BCUT2D eigenvalue weighted by atomic mass is 16.5. The minimum absolute atomic E-state index is 0.0139. The number of hydrogen-bond acceptors (Lipinski definition) is 5. The molecule has 0 spiro atoms. The number of aromatic nitrogens is 1. The SMILES string of the molecule is Cc1ccc(NC(=O)COc2ccc(/C=C(\C#N)C(=O)NCc3cccnc3)cc2)cc1. The molecule has 0 saturated heterocycles. The molecule has 160 valence electrons. The monoisotopic (exact) mass is 426 g/mol. The average molecular weight is 426 g/mol. The van der Waals surface area contributed by atoms with E-state index in [1.165, 1.54) is 6.08 Å². The molecule has 0 fully saturated rings. The Kier molecular flexibility index (Phi) is 7.71. The van der Waals surface area contributed by atoms with Gasteiger partial charge in [-0.05, 0) is 54.5 Å². The van der Waals surface area contributed by atoms with E-state index in [2.05, 4.69) is 15.6 Å². The second-order valence-electron chi connectivity index (χ2n) is 6.99. The number of benzene rings is 2. The summed E-state index contributed by atoms with van der Waals surface area (Å²) in [6.45, 7) is 2.12. The van der Waals surface area contributed by atoms with Gasteiger partial charge >= 0.3 is 0 Å². The Morgan fingerprint density at radius 1 is 1.09 bits per heavy atom. The van der Waals surface area contributed by atoms with Gasteiger partial charge < -0.3 is 15.4 Å². The highest BCUT2D eigenvalue weighted by molar-refractivity contribution is 6.01. The molecule has 0 radical (unpaired) electrons. The van der Waals surface area contributed by atoms with E-state index < -0.39 is 5.91 Å². The summed E-state index contributed by atoms with van der Waals surface area (Å²) >= 11 is 0. The Morgan fingerprint density at radius 3 is 2.50 bits per heavy atom. The molecule has 2 N–H and O–H groups in total. The number of ether oxygens (including phenoxy) is 1. The van der Waals surface area contributed by atoms with E-state index in [1.807, 2.05) is 43.3 Å². The maximum absolute atomic E-state index is 12.3. The molecule has 1 heterocycles. The standard InChI is InChI=1S/C25H22N4O3/c1-18-4-8-22(9-5-18)29-24(30)17-32-23-10-6-19(7-11-23)13-21(14-26)25(31)28-16-20-3-2-12-27-15-20/h2-13,15H,16-17H2,1H3,(H,28,31)(H,29,30)/b21-13+. The Hall–Kier alpha value is -4.44. The van der Waals surface area contributed by atoms with Gasteiger partial charge in [-0.1, -0.05) is 35.9 Å². The topological polar surface area (TPSA) is 104 Å². The van der Waals surface area contributed by atoms with Crippen molar-refractivity contribution in [2.45, 2.75) is 13.5 Å². The van der Waals surface area contributed by atoms with Crippen molar-refractivity contribution in [3.63, 3.8) is 0 Å². The number of pyridine rings is 1. The Balaban J connectivity index is 1.52. The lowest BCUT2D eigenvalue weighted by atomic mass is 10.1. The van der Waals surface area contributed by atoms with Gasteiger partial charge in [0, 0.05) is 24.6 Å². The Labute approximate surface area is 186 Å². The molecule has 0 aliphatic rings. The van der Waals surface area contributed by atoms with Crippen molar-refractivity contribution >= 4 is 23.6 Å². The third-order valence-corrected chi connectivity index (χ3v) is 4.44. The van der Waals surface area contributed by atoms with Crippen LogP contribution in [-0.4, -0.2) is 23.4 Å². The molecule has 0 bridgehead atoms. The summed E-state index contributed by atoms with van der Waals surface area (Å²) in [7, 11) is 0. The molecular weight excluding hydrogens is 404 g/mol. The number of aryl methyl sites for hydroxylation is 1. The summed E-state index contributed by atoms with van der Waals surface area (Å²) in [5.41, 5.74) is 3.30. The fraction of sp³-hybridized carbons (Fsp3) is 0.120. The molecule has 2 aromatic carbocycles. The molecular formula is C25H22N4O3. The van der Waals surface area contributed by atoms with Gasteiger partial charge in [0.2, 0.25) is 0 Å². The first-order chi connectivity index (χ1) is 15.5. The van der Waals surface area contributed by atoms with Crippen molar-refractivity contribution in [2.24, 2.45) is 0 Å². The van der Waals surface area contributed by atoms with Crippen molar-refractivity contribution in [3.8, 4) is 11.8 Å². The van der Waals surface area contributed by atoms with E-state index in [9.17, 15) is 14.9 Å². The van der Waals surface area contributed by atoms with Crippen molar-refractivity contribution in [1.82, 2.24) is 10.3 Å². The largest absolute Gasteiger partial charge is 0.484 e. The van der Waals surface area contributed by atoms with E-state index >= 15 is 0 Å². The number of amides is 2. The third-order valence-electron chi connectivity index (χ3n) is 4.44.